The zero-order valence-electron chi connectivity index (χ0n) is 14.9. The number of rotatable bonds is 6. The number of nitrogens with zero attached hydrogens (tertiary/aromatic N) is 2. The van der Waals surface area contributed by atoms with E-state index in [1.165, 1.54) is 18.4 Å². The number of nitrogens with one attached hydrogen (secondary N) is 1. The molecule has 0 radical (unpaired) electrons. The summed E-state index contributed by atoms with van der Waals surface area (Å²) < 4.78 is 5.60. The van der Waals surface area contributed by atoms with Crippen LogP contribution < -0.4 is 15.0 Å². The highest BCUT2D eigenvalue weighted by Crippen LogP contribution is 2.21. The highest BCUT2D eigenvalue weighted by molar-refractivity contribution is 5.91. The van der Waals surface area contributed by atoms with Crippen LogP contribution in [0.15, 0.2) is 42.6 Å². The van der Waals surface area contributed by atoms with Gasteiger partial charge in [0.25, 0.3) is 5.91 Å². The number of aromatic nitrogens is 1. The molecule has 132 valence electrons. The minimum atomic E-state index is -0.189. The third-order valence-corrected chi connectivity index (χ3v) is 4.36. The van der Waals surface area contributed by atoms with Gasteiger partial charge in [0.05, 0.1) is 11.9 Å². The maximum absolute atomic E-state index is 12.1. The average molecular weight is 339 g/mol. The fourth-order valence-corrected chi connectivity index (χ4v) is 2.90. The van der Waals surface area contributed by atoms with Crippen molar-refractivity contribution in [1.82, 2.24) is 4.98 Å². The summed E-state index contributed by atoms with van der Waals surface area (Å²) in [5, 5.41) is 2.82. The molecule has 5 nitrogen and oxygen atoms in total. The Labute approximate surface area is 149 Å². The lowest BCUT2D eigenvalue weighted by Crippen LogP contribution is -2.21. The Morgan fingerprint density at radius 3 is 2.72 bits per heavy atom. The van der Waals surface area contributed by atoms with Crippen LogP contribution in [0.4, 0.5) is 11.5 Å². The van der Waals surface area contributed by atoms with Crippen molar-refractivity contribution in [3.05, 3.63) is 48.2 Å². The van der Waals surface area contributed by atoms with Crippen LogP contribution in [0, 0.1) is 0 Å². The van der Waals surface area contributed by atoms with Crippen molar-refractivity contribution < 1.29 is 9.53 Å². The monoisotopic (exact) mass is 339 g/mol. The SMILES string of the molecule is CC(C)c1cccc(OCC(=O)Nc2ccc(N3CCCC3)nc2)c1. The normalized spacial score (nSPS) is 14.0. The molecule has 1 N–H and O–H groups in total. The summed E-state index contributed by atoms with van der Waals surface area (Å²) in [5.41, 5.74) is 1.88. The van der Waals surface area contributed by atoms with Crippen LogP contribution in [0.25, 0.3) is 0 Å². The molecule has 1 aliphatic rings. The molecule has 0 atom stereocenters. The van der Waals surface area contributed by atoms with Gasteiger partial charge < -0.3 is 15.0 Å². The van der Waals surface area contributed by atoms with E-state index in [4.69, 9.17) is 4.74 Å². The van der Waals surface area contributed by atoms with Crippen molar-refractivity contribution >= 4 is 17.4 Å². The molecule has 1 amide bonds. The maximum Gasteiger partial charge on any atom is 0.262 e. The smallest absolute Gasteiger partial charge is 0.262 e. The minimum absolute atomic E-state index is 0.0184. The van der Waals surface area contributed by atoms with E-state index in [2.05, 4.69) is 35.1 Å². The summed E-state index contributed by atoms with van der Waals surface area (Å²) in [5.74, 6) is 1.92. The van der Waals surface area contributed by atoms with E-state index in [9.17, 15) is 4.79 Å². The van der Waals surface area contributed by atoms with Gasteiger partial charge >= 0.3 is 0 Å². The molecule has 0 bridgehead atoms. The summed E-state index contributed by atoms with van der Waals surface area (Å²) in [7, 11) is 0. The molecule has 0 unspecified atom stereocenters. The Kier molecular flexibility index (Phi) is 5.53. The lowest BCUT2D eigenvalue weighted by atomic mass is 10.0. The number of carbonyl (C=O) groups is 1. The molecule has 0 saturated carbocycles. The first-order chi connectivity index (χ1) is 12.1. The van der Waals surface area contributed by atoms with Crippen LogP contribution in [-0.4, -0.2) is 30.6 Å². The van der Waals surface area contributed by atoms with Crippen LogP contribution in [0.5, 0.6) is 5.75 Å². The van der Waals surface area contributed by atoms with Crippen molar-refractivity contribution in [2.75, 3.05) is 29.9 Å². The predicted octanol–water partition coefficient (Wildman–Crippen LogP) is 3.82. The second-order valence-electron chi connectivity index (χ2n) is 6.66. The van der Waals surface area contributed by atoms with Crippen molar-refractivity contribution in [3.8, 4) is 5.75 Å². The molecule has 3 rings (SSSR count). The highest BCUT2D eigenvalue weighted by atomic mass is 16.5. The molecule has 2 heterocycles. The van der Waals surface area contributed by atoms with Crippen molar-refractivity contribution in [2.24, 2.45) is 0 Å². The van der Waals surface area contributed by atoms with E-state index < -0.39 is 0 Å². The fourth-order valence-electron chi connectivity index (χ4n) is 2.90. The van der Waals surface area contributed by atoms with Crippen LogP contribution >= 0.6 is 0 Å². The Hall–Kier alpha value is -2.56. The summed E-state index contributed by atoms with van der Waals surface area (Å²) in [6, 6.07) is 11.7. The second-order valence-corrected chi connectivity index (χ2v) is 6.66. The van der Waals surface area contributed by atoms with Gasteiger partial charge in [-0.15, -0.1) is 0 Å². The lowest BCUT2D eigenvalue weighted by molar-refractivity contribution is -0.118. The summed E-state index contributed by atoms with van der Waals surface area (Å²) in [6.45, 7) is 6.36. The molecule has 1 fully saturated rings. The molecular formula is C20H25N3O2. The molecule has 1 aliphatic heterocycles. The van der Waals surface area contributed by atoms with Gasteiger partial charge in [0, 0.05) is 13.1 Å². The van der Waals surface area contributed by atoms with Gasteiger partial charge in [0.2, 0.25) is 0 Å². The van der Waals surface area contributed by atoms with Gasteiger partial charge in [-0.05, 0) is 48.6 Å². The number of carbonyl (C=O) groups excluding carboxylic acids is 1. The quantitative estimate of drug-likeness (QED) is 0.869. The Morgan fingerprint density at radius 2 is 2.04 bits per heavy atom. The third kappa shape index (κ3) is 4.72. The summed E-state index contributed by atoms with van der Waals surface area (Å²) in [4.78, 5) is 18.8. The van der Waals surface area contributed by atoms with Gasteiger partial charge in [-0.2, -0.15) is 0 Å². The van der Waals surface area contributed by atoms with Crippen molar-refractivity contribution in [3.63, 3.8) is 0 Å². The van der Waals surface area contributed by atoms with Gasteiger partial charge in [0.15, 0.2) is 6.61 Å². The van der Waals surface area contributed by atoms with Crippen molar-refractivity contribution in [2.45, 2.75) is 32.6 Å². The first-order valence-electron chi connectivity index (χ1n) is 8.85. The Balaban J connectivity index is 1.51. The zero-order chi connectivity index (χ0) is 17.6. The topological polar surface area (TPSA) is 54.5 Å². The molecular weight excluding hydrogens is 314 g/mol. The number of hydrogen-bond acceptors (Lipinski definition) is 4. The van der Waals surface area contributed by atoms with Crippen LogP contribution in [0.2, 0.25) is 0 Å². The highest BCUT2D eigenvalue weighted by Gasteiger charge is 2.13. The molecule has 0 aliphatic carbocycles. The number of hydrogen-bond donors (Lipinski definition) is 1. The lowest BCUT2D eigenvalue weighted by Gasteiger charge is -2.16. The molecule has 5 heteroatoms. The molecule has 2 aromatic rings. The minimum Gasteiger partial charge on any atom is -0.484 e. The van der Waals surface area contributed by atoms with Crippen molar-refractivity contribution in [1.29, 1.82) is 0 Å². The van der Waals surface area contributed by atoms with E-state index in [0.717, 1.165) is 18.9 Å². The number of pyridine rings is 1. The standard InChI is InChI=1S/C20H25N3O2/c1-15(2)16-6-5-7-18(12-16)25-14-20(24)22-17-8-9-19(21-13-17)23-10-3-4-11-23/h5-9,12-13,15H,3-4,10-11,14H2,1-2H3,(H,22,24). The number of ether oxygens (including phenoxy) is 1. The Bertz CT molecular complexity index is 707. The zero-order valence-corrected chi connectivity index (χ0v) is 14.9. The van der Waals surface area contributed by atoms with Crippen LogP contribution in [0.1, 0.15) is 38.2 Å². The van der Waals surface area contributed by atoms with E-state index in [0.29, 0.717) is 17.4 Å². The summed E-state index contributed by atoms with van der Waals surface area (Å²) in [6.07, 6.45) is 4.13. The van der Waals surface area contributed by atoms with Gasteiger partial charge in [-0.25, -0.2) is 4.98 Å². The molecule has 0 spiro atoms. The van der Waals surface area contributed by atoms with E-state index >= 15 is 0 Å². The summed E-state index contributed by atoms with van der Waals surface area (Å²) >= 11 is 0. The van der Waals surface area contributed by atoms with Crippen LogP contribution in [0.3, 0.4) is 0 Å². The molecule has 1 saturated heterocycles. The number of amides is 1. The molecule has 25 heavy (non-hydrogen) atoms. The predicted molar refractivity (Wildman–Crippen MR) is 100 cm³/mol. The van der Waals surface area contributed by atoms with Gasteiger partial charge in [0.1, 0.15) is 11.6 Å². The fraction of sp³-hybridized carbons (Fsp3) is 0.400. The average Bonchev–Trinajstić information content (AvgIpc) is 3.15. The molecule has 1 aromatic carbocycles. The van der Waals surface area contributed by atoms with E-state index in [1.807, 2.05) is 30.3 Å². The van der Waals surface area contributed by atoms with E-state index in [-0.39, 0.29) is 12.5 Å². The number of benzene rings is 1. The maximum atomic E-state index is 12.1. The van der Waals surface area contributed by atoms with E-state index in [1.54, 1.807) is 6.20 Å². The largest absolute Gasteiger partial charge is 0.484 e. The first-order valence-corrected chi connectivity index (χ1v) is 8.85. The number of anilines is 2. The second kappa shape index (κ2) is 8.01. The molecule has 1 aromatic heterocycles. The van der Waals surface area contributed by atoms with Gasteiger partial charge in [-0.1, -0.05) is 26.0 Å². The first kappa shape index (κ1) is 17.3. The van der Waals surface area contributed by atoms with Gasteiger partial charge in [-0.3, -0.25) is 4.79 Å². The third-order valence-electron chi connectivity index (χ3n) is 4.36. The Morgan fingerprint density at radius 1 is 1.24 bits per heavy atom. The van der Waals surface area contributed by atoms with Crippen LogP contribution in [-0.2, 0) is 4.79 Å².